The van der Waals surface area contributed by atoms with Crippen LogP contribution in [0.1, 0.15) is 19.4 Å². The molecule has 1 aliphatic rings. The van der Waals surface area contributed by atoms with Crippen LogP contribution in [-0.4, -0.2) is 36.8 Å². The second-order valence-corrected chi connectivity index (χ2v) is 4.92. The Kier molecular flexibility index (Phi) is 4.07. The van der Waals surface area contributed by atoms with Crippen LogP contribution in [0.15, 0.2) is 18.2 Å². The van der Waals surface area contributed by atoms with Crippen molar-refractivity contribution in [3.8, 4) is 5.75 Å². The van der Waals surface area contributed by atoms with Crippen LogP contribution in [0, 0.1) is 0 Å². The van der Waals surface area contributed by atoms with Gasteiger partial charge < -0.3 is 20.1 Å². The van der Waals surface area contributed by atoms with Crippen molar-refractivity contribution >= 4 is 11.6 Å². The Morgan fingerprint density at radius 1 is 1.53 bits per heavy atom. The molecule has 1 aromatic carbocycles. The highest BCUT2D eigenvalue weighted by Gasteiger charge is 2.28. The molecule has 5 nitrogen and oxygen atoms in total. The number of hydrogen-bond acceptors (Lipinski definition) is 4. The topological polar surface area (TPSA) is 61.8 Å². The number of anilines is 1. The Morgan fingerprint density at radius 3 is 2.95 bits per heavy atom. The highest BCUT2D eigenvalue weighted by molar-refractivity contribution is 5.99. The maximum atomic E-state index is 11.9. The molecule has 2 N–H and O–H groups in total. The number of hydrogen-bond donors (Lipinski definition) is 2. The van der Waals surface area contributed by atoms with Gasteiger partial charge in [-0.05, 0) is 31.5 Å². The number of fused-ring (bicyclic) bond motifs is 1. The van der Waals surface area contributed by atoms with Gasteiger partial charge in [0.2, 0.25) is 0 Å². The maximum Gasteiger partial charge on any atom is 0.267 e. The molecule has 2 atom stereocenters. The molecule has 19 heavy (non-hydrogen) atoms. The summed E-state index contributed by atoms with van der Waals surface area (Å²) in [6.45, 7) is 4.41. The predicted octanol–water partition coefficient (Wildman–Crippen LogP) is 0.901. The van der Waals surface area contributed by atoms with E-state index >= 15 is 0 Å². The Morgan fingerprint density at radius 2 is 2.26 bits per heavy atom. The fraction of sp³-hybridized carbons (Fsp3) is 0.500. The molecule has 1 aromatic rings. The van der Waals surface area contributed by atoms with Gasteiger partial charge >= 0.3 is 0 Å². The first-order chi connectivity index (χ1) is 9.02. The third-order valence-corrected chi connectivity index (χ3v) is 3.30. The summed E-state index contributed by atoms with van der Waals surface area (Å²) < 4.78 is 5.56. The second kappa shape index (κ2) is 5.59. The van der Waals surface area contributed by atoms with Crippen molar-refractivity contribution in [2.24, 2.45) is 0 Å². The van der Waals surface area contributed by atoms with Crippen LogP contribution < -0.4 is 15.0 Å². The minimum Gasteiger partial charge on any atom is -0.479 e. The molecule has 0 aromatic heterocycles. The average molecular weight is 264 g/mol. The van der Waals surface area contributed by atoms with Gasteiger partial charge in [0.15, 0.2) is 6.10 Å². The lowest BCUT2D eigenvalue weighted by Gasteiger charge is -2.30. The van der Waals surface area contributed by atoms with Gasteiger partial charge in [-0.1, -0.05) is 6.07 Å². The molecule has 1 heterocycles. The van der Waals surface area contributed by atoms with Crippen molar-refractivity contribution in [2.45, 2.75) is 32.5 Å². The average Bonchev–Trinajstić information content (AvgIpc) is 2.42. The fourth-order valence-electron chi connectivity index (χ4n) is 2.02. The Balaban J connectivity index is 2.17. The first-order valence-corrected chi connectivity index (χ1v) is 6.44. The van der Waals surface area contributed by atoms with Crippen LogP contribution in [-0.2, 0) is 11.3 Å². The molecule has 0 bridgehead atoms. The van der Waals surface area contributed by atoms with E-state index in [0.29, 0.717) is 6.54 Å². The number of nitrogens with zero attached hydrogens (tertiary/aromatic N) is 1. The highest BCUT2D eigenvalue weighted by Crippen LogP contribution is 2.33. The Labute approximate surface area is 113 Å². The van der Waals surface area contributed by atoms with Crippen molar-refractivity contribution < 1.29 is 14.6 Å². The standard InChI is InChI=1S/C14H20N2O3/c1-9(8-17)15-7-11-4-5-13-12(6-11)16(3)14(18)10(2)19-13/h4-6,9-10,15,17H,7-8H2,1-3H3. The van der Waals surface area contributed by atoms with Crippen LogP contribution >= 0.6 is 0 Å². The van der Waals surface area contributed by atoms with E-state index < -0.39 is 6.10 Å². The first-order valence-electron chi connectivity index (χ1n) is 6.44. The first kappa shape index (κ1) is 13.8. The third-order valence-electron chi connectivity index (χ3n) is 3.30. The molecule has 0 radical (unpaired) electrons. The maximum absolute atomic E-state index is 11.9. The number of rotatable bonds is 4. The monoisotopic (exact) mass is 264 g/mol. The normalized spacial score (nSPS) is 19.9. The van der Waals surface area contributed by atoms with Crippen molar-refractivity contribution in [3.63, 3.8) is 0 Å². The fourth-order valence-corrected chi connectivity index (χ4v) is 2.02. The lowest BCUT2D eigenvalue weighted by atomic mass is 10.1. The molecule has 0 aliphatic carbocycles. The van der Waals surface area contributed by atoms with E-state index in [2.05, 4.69) is 5.32 Å². The number of aliphatic hydroxyl groups excluding tert-OH is 1. The SMILES string of the molecule is CC(CO)NCc1ccc2c(c1)N(C)C(=O)C(C)O2. The summed E-state index contributed by atoms with van der Waals surface area (Å²) in [5.74, 6) is 0.690. The minimum absolute atomic E-state index is 0.0404. The summed E-state index contributed by atoms with van der Waals surface area (Å²) in [5, 5.41) is 12.2. The van der Waals surface area contributed by atoms with E-state index in [9.17, 15) is 4.79 Å². The molecule has 2 unspecified atom stereocenters. The highest BCUT2D eigenvalue weighted by atomic mass is 16.5. The summed E-state index contributed by atoms with van der Waals surface area (Å²) in [4.78, 5) is 13.5. The smallest absolute Gasteiger partial charge is 0.267 e. The van der Waals surface area contributed by atoms with Gasteiger partial charge in [-0.25, -0.2) is 0 Å². The van der Waals surface area contributed by atoms with Gasteiger partial charge in [-0.2, -0.15) is 0 Å². The van der Waals surface area contributed by atoms with Gasteiger partial charge in [0.05, 0.1) is 12.3 Å². The van der Waals surface area contributed by atoms with E-state index in [4.69, 9.17) is 9.84 Å². The van der Waals surface area contributed by atoms with Gasteiger partial charge in [0, 0.05) is 19.6 Å². The van der Waals surface area contributed by atoms with Crippen LogP contribution in [0.2, 0.25) is 0 Å². The van der Waals surface area contributed by atoms with Crippen LogP contribution in [0.25, 0.3) is 0 Å². The molecule has 104 valence electrons. The van der Waals surface area contributed by atoms with Crippen molar-refractivity contribution in [1.29, 1.82) is 0 Å². The zero-order valence-corrected chi connectivity index (χ0v) is 11.5. The molecule has 0 saturated carbocycles. The number of benzene rings is 1. The second-order valence-electron chi connectivity index (χ2n) is 4.92. The van der Waals surface area contributed by atoms with Gasteiger partial charge in [-0.15, -0.1) is 0 Å². The molecular weight excluding hydrogens is 244 g/mol. The van der Waals surface area contributed by atoms with Crippen LogP contribution in [0.5, 0.6) is 5.75 Å². The number of ether oxygens (including phenoxy) is 1. The van der Waals surface area contributed by atoms with Gasteiger partial charge in [0.1, 0.15) is 5.75 Å². The molecule has 0 spiro atoms. The zero-order chi connectivity index (χ0) is 14.0. The third kappa shape index (κ3) is 2.88. The molecule has 1 aliphatic heterocycles. The van der Waals surface area contributed by atoms with E-state index in [1.54, 1.807) is 18.9 Å². The van der Waals surface area contributed by atoms with Crippen molar-refractivity contribution in [3.05, 3.63) is 23.8 Å². The number of likely N-dealkylation sites (N-methyl/N-ethyl adjacent to an activating group) is 1. The molecule has 0 fully saturated rings. The number of carbonyl (C=O) groups excluding carboxylic acids is 1. The molecular formula is C14H20N2O3. The van der Waals surface area contributed by atoms with Crippen LogP contribution in [0.4, 0.5) is 5.69 Å². The van der Waals surface area contributed by atoms with Gasteiger partial charge in [-0.3, -0.25) is 4.79 Å². The number of carbonyl (C=O) groups is 1. The molecule has 1 amide bonds. The minimum atomic E-state index is -0.434. The lowest BCUT2D eigenvalue weighted by molar-refractivity contribution is -0.125. The number of amides is 1. The summed E-state index contributed by atoms with van der Waals surface area (Å²) >= 11 is 0. The quantitative estimate of drug-likeness (QED) is 0.848. The van der Waals surface area contributed by atoms with E-state index in [1.165, 1.54) is 0 Å². The summed E-state index contributed by atoms with van der Waals surface area (Å²) in [7, 11) is 1.76. The lowest BCUT2D eigenvalue weighted by Crippen LogP contribution is -2.42. The van der Waals surface area contributed by atoms with Crippen molar-refractivity contribution in [1.82, 2.24) is 5.32 Å². The van der Waals surface area contributed by atoms with E-state index in [1.807, 2.05) is 25.1 Å². The summed E-state index contributed by atoms with van der Waals surface area (Å²) in [6.07, 6.45) is -0.434. The van der Waals surface area contributed by atoms with E-state index in [0.717, 1.165) is 17.0 Å². The predicted molar refractivity (Wildman–Crippen MR) is 73.3 cm³/mol. The summed E-state index contributed by atoms with van der Waals surface area (Å²) in [5.41, 5.74) is 1.84. The molecule has 0 saturated heterocycles. The van der Waals surface area contributed by atoms with Crippen molar-refractivity contribution in [2.75, 3.05) is 18.6 Å². The summed E-state index contributed by atoms with van der Waals surface area (Å²) in [6, 6.07) is 5.84. The molecule has 5 heteroatoms. The Hall–Kier alpha value is -1.59. The van der Waals surface area contributed by atoms with Gasteiger partial charge in [0.25, 0.3) is 5.91 Å². The van der Waals surface area contributed by atoms with E-state index in [-0.39, 0.29) is 18.6 Å². The number of aliphatic hydroxyl groups is 1. The molecule has 2 rings (SSSR count). The Bertz CT molecular complexity index is 476. The largest absolute Gasteiger partial charge is 0.479 e. The zero-order valence-electron chi connectivity index (χ0n) is 11.5. The number of nitrogens with one attached hydrogen (secondary N) is 1. The van der Waals surface area contributed by atoms with Crippen LogP contribution in [0.3, 0.4) is 0 Å².